The van der Waals surface area contributed by atoms with E-state index in [2.05, 4.69) is 5.32 Å². The van der Waals surface area contributed by atoms with Crippen molar-refractivity contribution in [1.82, 2.24) is 9.88 Å². The van der Waals surface area contributed by atoms with Gasteiger partial charge in [-0.3, -0.25) is 4.79 Å². The van der Waals surface area contributed by atoms with E-state index in [0.717, 1.165) is 22.0 Å². The fourth-order valence-electron chi connectivity index (χ4n) is 2.73. The van der Waals surface area contributed by atoms with E-state index in [9.17, 15) is 4.79 Å². The Morgan fingerprint density at radius 1 is 1.10 bits per heavy atom. The second-order valence-electron chi connectivity index (χ2n) is 4.89. The molecule has 3 rings (SSSR count). The number of rotatable bonds is 2. The van der Waals surface area contributed by atoms with Crippen LogP contribution >= 0.6 is 11.6 Å². The Bertz CT molecular complexity index is 822. The van der Waals surface area contributed by atoms with Crippen molar-refractivity contribution in [1.29, 1.82) is 0 Å². The molecule has 2 aromatic carbocycles. The van der Waals surface area contributed by atoms with Gasteiger partial charge in [-0.15, -0.1) is 0 Å². The summed E-state index contributed by atoms with van der Waals surface area (Å²) < 4.78 is 1.93. The number of amides is 1. The molecule has 0 atom stereocenters. The summed E-state index contributed by atoms with van der Waals surface area (Å²) in [5.41, 5.74) is 2.69. The molecule has 0 spiro atoms. The molecule has 1 amide bonds. The van der Waals surface area contributed by atoms with E-state index in [1.807, 2.05) is 60.1 Å². The van der Waals surface area contributed by atoms with Crippen LogP contribution in [0.3, 0.4) is 0 Å². The Morgan fingerprint density at radius 2 is 1.81 bits per heavy atom. The third-order valence-electron chi connectivity index (χ3n) is 3.65. The van der Waals surface area contributed by atoms with Crippen LogP contribution in [0.15, 0.2) is 48.5 Å². The van der Waals surface area contributed by atoms with Gasteiger partial charge >= 0.3 is 0 Å². The minimum absolute atomic E-state index is 0.105. The summed E-state index contributed by atoms with van der Waals surface area (Å²) in [6, 6.07) is 15.6. The summed E-state index contributed by atoms with van der Waals surface area (Å²) in [6.07, 6.45) is 0. The van der Waals surface area contributed by atoms with Gasteiger partial charge in [0, 0.05) is 29.9 Å². The van der Waals surface area contributed by atoms with Crippen LogP contribution in [0.5, 0.6) is 0 Å². The van der Waals surface area contributed by atoms with E-state index in [4.69, 9.17) is 11.6 Å². The fraction of sp³-hybridized carbons (Fsp3) is 0.118. The van der Waals surface area contributed by atoms with Crippen LogP contribution in [0.25, 0.3) is 22.0 Å². The molecule has 0 fully saturated rings. The van der Waals surface area contributed by atoms with Crippen molar-refractivity contribution >= 4 is 28.3 Å². The Labute approximate surface area is 128 Å². The highest BCUT2D eigenvalue weighted by Crippen LogP contribution is 2.34. The number of fused-ring (bicyclic) bond motifs is 1. The van der Waals surface area contributed by atoms with Gasteiger partial charge in [-0.05, 0) is 17.7 Å². The molecule has 1 N–H and O–H groups in total. The molecule has 21 heavy (non-hydrogen) atoms. The monoisotopic (exact) mass is 298 g/mol. The minimum Gasteiger partial charge on any atom is -0.354 e. The predicted octanol–water partition coefficient (Wildman–Crippen LogP) is 3.86. The maximum absolute atomic E-state index is 12.2. The van der Waals surface area contributed by atoms with Crippen LogP contribution in [0.4, 0.5) is 0 Å². The second-order valence-corrected chi connectivity index (χ2v) is 5.33. The van der Waals surface area contributed by atoms with Crippen LogP contribution in [-0.2, 0) is 7.05 Å². The lowest BCUT2D eigenvalue weighted by Crippen LogP contribution is -2.21. The predicted molar refractivity (Wildman–Crippen MR) is 86.8 cm³/mol. The highest BCUT2D eigenvalue weighted by molar-refractivity contribution is 6.31. The summed E-state index contributed by atoms with van der Waals surface area (Å²) >= 11 is 6.14. The van der Waals surface area contributed by atoms with Gasteiger partial charge < -0.3 is 9.88 Å². The number of aromatic nitrogens is 1. The number of hydrogen-bond acceptors (Lipinski definition) is 1. The van der Waals surface area contributed by atoms with Crippen molar-refractivity contribution in [3.05, 3.63) is 59.2 Å². The van der Waals surface area contributed by atoms with Gasteiger partial charge in [0.25, 0.3) is 5.91 Å². The highest BCUT2D eigenvalue weighted by Gasteiger charge is 2.20. The van der Waals surface area contributed by atoms with Gasteiger partial charge in [0.05, 0.1) is 5.69 Å². The topological polar surface area (TPSA) is 34.0 Å². The first-order valence-electron chi connectivity index (χ1n) is 6.69. The average Bonchev–Trinajstić information content (AvgIpc) is 2.78. The van der Waals surface area contributed by atoms with E-state index < -0.39 is 0 Å². The number of benzene rings is 2. The van der Waals surface area contributed by atoms with Gasteiger partial charge in [-0.2, -0.15) is 0 Å². The molecule has 3 aromatic rings. The highest BCUT2D eigenvalue weighted by atomic mass is 35.5. The molecular formula is C17H15ClN2O. The molecule has 0 radical (unpaired) electrons. The Hall–Kier alpha value is -2.26. The molecule has 106 valence electrons. The summed E-state index contributed by atoms with van der Waals surface area (Å²) in [5, 5.41) is 5.25. The molecule has 0 saturated heterocycles. The molecular weight excluding hydrogens is 284 g/mol. The zero-order valence-corrected chi connectivity index (χ0v) is 12.6. The first kappa shape index (κ1) is 13.7. The van der Waals surface area contributed by atoms with Crippen molar-refractivity contribution in [2.45, 2.75) is 0 Å². The van der Waals surface area contributed by atoms with Crippen LogP contribution in [0.2, 0.25) is 5.02 Å². The number of carbonyl (C=O) groups is 1. The molecule has 4 heteroatoms. The van der Waals surface area contributed by atoms with E-state index in [1.165, 1.54) is 0 Å². The maximum Gasteiger partial charge on any atom is 0.268 e. The lowest BCUT2D eigenvalue weighted by molar-refractivity contribution is 0.0957. The van der Waals surface area contributed by atoms with Gasteiger partial charge in [0.15, 0.2) is 0 Å². The first-order chi connectivity index (χ1) is 10.1. The zero-order valence-electron chi connectivity index (χ0n) is 11.9. The number of hydrogen-bond donors (Lipinski definition) is 1. The number of nitrogens with zero attached hydrogens (tertiary/aromatic N) is 1. The van der Waals surface area contributed by atoms with Crippen LogP contribution in [0.1, 0.15) is 10.5 Å². The molecule has 1 heterocycles. The smallest absolute Gasteiger partial charge is 0.268 e. The molecule has 0 aliphatic heterocycles. The molecule has 0 bridgehead atoms. The Kier molecular flexibility index (Phi) is 3.43. The molecule has 3 nitrogen and oxygen atoms in total. The quantitative estimate of drug-likeness (QED) is 0.766. The van der Waals surface area contributed by atoms with Crippen molar-refractivity contribution in [2.75, 3.05) is 7.05 Å². The van der Waals surface area contributed by atoms with Crippen LogP contribution < -0.4 is 5.32 Å². The fourth-order valence-corrected chi connectivity index (χ4v) is 2.90. The number of halogens is 1. The third-order valence-corrected chi connectivity index (χ3v) is 3.89. The van der Waals surface area contributed by atoms with E-state index in [1.54, 1.807) is 7.05 Å². The van der Waals surface area contributed by atoms with Crippen LogP contribution in [-0.4, -0.2) is 17.5 Å². The zero-order chi connectivity index (χ0) is 15.0. The second kappa shape index (κ2) is 5.26. The molecule has 0 aliphatic carbocycles. The first-order valence-corrected chi connectivity index (χ1v) is 7.06. The van der Waals surface area contributed by atoms with Gasteiger partial charge in [-0.25, -0.2) is 0 Å². The normalized spacial score (nSPS) is 10.8. The Balaban J connectivity index is 2.41. The van der Waals surface area contributed by atoms with Crippen molar-refractivity contribution in [3.8, 4) is 11.3 Å². The largest absolute Gasteiger partial charge is 0.354 e. The van der Waals surface area contributed by atoms with Crippen molar-refractivity contribution in [2.24, 2.45) is 7.05 Å². The van der Waals surface area contributed by atoms with E-state index in [0.29, 0.717) is 10.7 Å². The summed E-state index contributed by atoms with van der Waals surface area (Å²) in [4.78, 5) is 12.2. The van der Waals surface area contributed by atoms with Gasteiger partial charge in [-0.1, -0.05) is 48.0 Å². The van der Waals surface area contributed by atoms with E-state index in [-0.39, 0.29) is 5.91 Å². The third kappa shape index (κ3) is 2.20. The van der Waals surface area contributed by atoms with Gasteiger partial charge in [0.1, 0.15) is 5.69 Å². The summed E-state index contributed by atoms with van der Waals surface area (Å²) in [7, 11) is 3.54. The SMILES string of the molecule is CNC(=O)c1c2ccc(Cl)cc2c(-c2ccccc2)n1C. The summed E-state index contributed by atoms with van der Waals surface area (Å²) in [5.74, 6) is -0.105. The van der Waals surface area contributed by atoms with Crippen molar-refractivity contribution < 1.29 is 4.79 Å². The Morgan fingerprint density at radius 3 is 2.48 bits per heavy atom. The standard InChI is InChI=1S/C17H15ClN2O/c1-19-17(21)16-13-9-8-12(18)10-14(13)15(20(16)2)11-6-4-3-5-7-11/h3-10H,1-2H3,(H,19,21). The maximum atomic E-state index is 12.2. The molecule has 0 unspecified atom stereocenters. The van der Waals surface area contributed by atoms with Gasteiger partial charge in [0.2, 0.25) is 0 Å². The van der Waals surface area contributed by atoms with Crippen LogP contribution in [0, 0.1) is 0 Å². The minimum atomic E-state index is -0.105. The number of nitrogens with one attached hydrogen (secondary N) is 1. The molecule has 0 saturated carbocycles. The lowest BCUT2D eigenvalue weighted by Gasteiger charge is -2.07. The summed E-state index contributed by atoms with van der Waals surface area (Å²) in [6.45, 7) is 0. The number of carbonyl (C=O) groups excluding carboxylic acids is 1. The van der Waals surface area contributed by atoms with E-state index >= 15 is 0 Å². The van der Waals surface area contributed by atoms with Crippen molar-refractivity contribution in [3.63, 3.8) is 0 Å². The lowest BCUT2D eigenvalue weighted by atomic mass is 10.1. The molecule has 0 aliphatic rings. The molecule has 1 aromatic heterocycles. The average molecular weight is 299 g/mol.